The molecule has 6 heteroatoms. The van der Waals surface area contributed by atoms with Gasteiger partial charge in [0.1, 0.15) is 0 Å². The minimum Gasteiger partial charge on any atom is -0.351 e. The van der Waals surface area contributed by atoms with Crippen molar-refractivity contribution >= 4 is 5.91 Å². The first-order valence-corrected chi connectivity index (χ1v) is 8.26. The zero-order valence-corrected chi connectivity index (χ0v) is 14.2. The molecule has 3 rings (SSSR count). The molecule has 4 nitrogen and oxygen atoms in total. The molecule has 0 aliphatic heterocycles. The highest BCUT2D eigenvalue weighted by molar-refractivity contribution is 5.91. The number of benzene rings is 2. The summed E-state index contributed by atoms with van der Waals surface area (Å²) in [5.74, 6) is -2.19. The largest absolute Gasteiger partial charge is 0.351 e. The minimum atomic E-state index is -0.970. The summed E-state index contributed by atoms with van der Waals surface area (Å²) in [6.07, 6.45) is 0.624. The fourth-order valence-corrected chi connectivity index (χ4v) is 2.68. The van der Waals surface area contributed by atoms with Crippen LogP contribution >= 0.6 is 0 Å². The molecule has 3 aromatic rings. The molecule has 1 atom stereocenters. The molecule has 134 valence electrons. The van der Waals surface area contributed by atoms with E-state index >= 15 is 0 Å². The molecular formula is C20H18F2N2O2. The molecular weight excluding hydrogens is 338 g/mol. The predicted molar refractivity (Wildman–Crippen MR) is 92.6 cm³/mol. The topological polar surface area (TPSA) is 55.1 Å². The lowest BCUT2D eigenvalue weighted by Crippen LogP contribution is -2.23. The molecule has 0 radical (unpaired) electrons. The van der Waals surface area contributed by atoms with Gasteiger partial charge in [0.25, 0.3) is 5.91 Å². The van der Waals surface area contributed by atoms with Gasteiger partial charge < -0.3 is 9.84 Å². The molecule has 0 saturated heterocycles. The SMILES string of the molecule is C[C@@H](Cc1cc(C(=O)NCc2cccc(F)c2F)on1)c1ccccc1. The first-order valence-electron chi connectivity index (χ1n) is 8.26. The van der Waals surface area contributed by atoms with Gasteiger partial charge in [0.2, 0.25) is 5.76 Å². The number of nitrogens with one attached hydrogen (secondary N) is 1. The molecule has 26 heavy (non-hydrogen) atoms. The second kappa shape index (κ2) is 7.91. The highest BCUT2D eigenvalue weighted by Gasteiger charge is 2.16. The van der Waals surface area contributed by atoms with Crippen LogP contribution in [0.25, 0.3) is 0 Å². The van der Waals surface area contributed by atoms with Gasteiger partial charge in [-0.2, -0.15) is 0 Å². The van der Waals surface area contributed by atoms with Crippen molar-refractivity contribution in [3.8, 4) is 0 Å². The third-order valence-electron chi connectivity index (χ3n) is 4.14. The maximum Gasteiger partial charge on any atom is 0.290 e. The van der Waals surface area contributed by atoms with Crippen LogP contribution in [0.3, 0.4) is 0 Å². The number of carbonyl (C=O) groups is 1. The average Bonchev–Trinajstić information content (AvgIpc) is 3.12. The number of nitrogens with zero attached hydrogens (tertiary/aromatic N) is 1. The summed E-state index contributed by atoms with van der Waals surface area (Å²) in [7, 11) is 0. The van der Waals surface area contributed by atoms with Gasteiger partial charge >= 0.3 is 0 Å². The molecule has 0 fully saturated rings. The molecule has 0 bridgehead atoms. The Kier molecular flexibility index (Phi) is 5.41. The third-order valence-corrected chi connectivity index (χ3v) is 4.14. The van der Waals surface area contributed by atoms with Crippen molar-refractivity contribution < 1.29 is 18.1 Å². The van der Waals surface area contributed by atoms with Gasteiger partial charge in [0.05, 0.1) is 5.69 Å². The summed E-state index contributed by atoms with van der Waals surface area (Å²) in [4.78, 5) is 12.1. The Balaban J connectivity index is 1.60. The van der Waals surface area contributed by atoms with Gasteiger partial charge in [-0.05, 0) is 24.0 Å². The summed E-state index contributed by atoms with van der Waals surface area (Å²) in [5, 5.41) is 6.42. The number of rotatable bonds is 6. The van der Waals surface area contributed by atoms with Crippen molar-refractivity contribution in [2.24, 2.45) is 0 Å². The summed E-state index contributed by atoms with van der Waals surface area (Å²) < 4.78 is 31.9. The van der Waals surface area contributed by atoms with Crippen LogP contribution in [0.5, 0.6) is 0 Å². The molecule has 0 aliphatic carbocycles. The fraction of sp³-hybridized carbons (Fsp3) is 0.200. The number of halogens is 2. The Hall–Kier alpha value is -3.02. The number of amides is 1. The van der Waals surface area contributed by atoms with Crippen LogP contribution in [0.4, 0.5) is 8.78 Å². The van der Waals surface area contributed by atoms with E-state index in [-0.39, 0.29) is 23.8 Å². The minimum absolute atomic E-state index is 0.0390. The van der Waals surface area contributed by atoms with Crippen LogP contribution in [-0.4, -0.2) is 11.1 Å². The molecule has 0 aliphatic rings. The third kappa shape index (κ3) is 4.14. The molecule has 0 spiro atoms. The van der Waals surface area contributed by atoms with E-state index in [0.29, 0.717) is 12.1 Å². The lowest BCUT2D eigenvalue weighted by atomic mass is 9.96. The molecule has 1 aromatic heterocycles. The summed E-state index contributed by atoms with van der Waals surface area (Å²) >= 11 is 0. The van der Waals surface area contributed by atoms with E-state index in [1.165, 1.54) is 17.7 Å². The maximum atomic E-state index is 13.6. The number of aromatic nitrogens is 1. The highest BCUT2D eigenvalue weighted by Crippen LogP contribution is 2.20. The Morgan fingerprint density at radius 2 is 1.92 bits per heavy atom. The van der Waals surface area contributed by atoms with Gasteiger partial charge in [-0.1, -0.05) is 54.5 Å². The second-order valence-corrected chi connectivity index (χ2v) is 6.09. The van der Waals surface area contributed by atoms with E-state index in [4.69, 9.17) is 4.52 Å². The van der Waals surface area contributed by atoms with E-state index in [1.807, 2.05) is 30.3 Å². The van der Waals surface area contributed by atoms with E-state index < -0.39 is 17.5 Å². The van der Waals surface area contributed by atoms with Gasteiger partial charge in [-0.25, -0.2) is 8.78 Å². The smallest absolute Gasteiger partial charge is 0.290 e. The summed E-state index contributed by atoms with van der Waals surface area (Å²) in [6, 6.07) is 15.4. The lowest BCUT2D eigenvalue weighted by molar-refractivity contribution is 0.0913. The normalized spacial score (nSPS) is 12.0. The summed E-state index contributed by atoms with van der Waals surface area (Å²) in [5.41, 5.74) is 1.89. The number of carbonyl (C=O) groups excluding carboxylic acids is 1. The number of hydrogen-bond donors (Lipinski definition) is 1. The van der Waals surface area contributed by atoms with E-state index in [0.717, 1.165) is 6.07 Å². The van der Waals surface area contributed by atoms with Crippen molar-refractivity contribution in [3.05, 3.63) is 88.8 Å². The average molecular weight is 356 g/mol. The van der Waals surface area contributed by atoms with Crippen LogP contribution in [0, 0.1) is 11.6 Å². The Morgan fingerprint density at radius 3 is 2.69 bits per heavy atom. The fourth-order valence-electron chi connectivity index (χ4n) is 2.68. The molecule has 0 unspecified atom stereocenters. The summed E-state index contributed by atoms with van der Waals surface area (Å²) in [6.45, 7) is 1.93. The van der Waals surface area contributed by atoms with Gasteiger partial charge in [-0.15, -0.1) is 0 Å². The number of hydrogen-bond acceptors (Lipinski definition) is 3. The Bertz CT molecular complexity index is 894. The van der Waals surface area contributed by atoms with E-state index in [9.17, 15) is 13.6 Å². The van der Waals surface area contributed by atoms with E-state index in [2.05, 4.69) is 17.4 Å². The van der Waals surface area contributed by atoms with Crippen molar-refractivity contribution in [2.75, 3.05) is 0 Å². The molecule has 2 aromatic carbocycles. The van der Waals surface area contributed by atoms with Crippen LogP contribution in [-0.2, 0) is 13.0 Å². The highest BCUT2D eigenvalue weighted by atomic mass is 19.2. The zero-order valence-electron chi connectivity index (χ0n) is 14.2. The standard InChI is InChI=1S/C20H18F2N2O2/c1-13(14-6-3-2-4-7-14)10-16-11-18(26-24-16)20(25)23-12-15-8-5-9-17(21)19(15)22/h2-9,11,13H,10,12H2,1H3,(H,23,25)/t13-/m0/s1. The van der Waals surface area contributed by atoms with Crippen LogP contribution in [0.15, 0.2) is 59.1 Å². The molecule has 1 heterocycles. The molecule has 0 saturated carbocycles. The van der Waals surface area contributed by atoms with Gasteiger partial charge in [-0.3, -0.25) is 4.79 Å². The van der Waals surface area contributed by atoms with Crippen LogP contribution < -0.4 is 5.32 Å². The Morgan fingerprint density at radius 1 is 1.15 bits per heavy atom. The second-order valence-electron chi connectivity index (χ2n) is 6.09. The monoisotopic (exact) mass is 356 g/mol. The molecule has 1 N–H and O–H groups in total. The van der Waals surface area contributed by atoms with Crippen molar-refractivity contribution in [3.63, 3.8) is 0 Å². The predicted octanol–water partition coefficient (Wildman–Crippen LogP) is 4.23. The quantitative estimate of drug-likeness (QED) is 0.719. The maximum absolute atomic E-state index is 13.6. The van der Waals surface area contributed by atoms with Crippen LogP contribution in [0.2, 0.25) is 0 Å². The van der Waals surface area contributed by atoms with Crippen molar-refractivity contribution in [1.29, 1.82) is 0 Å². The zero-order chi connectivity index (χ0) is 18.5. The lowest BCUT2D eigenvalue weighted by Gasteiger charge is -2.08. The van der Waals surface area contributed by atoms with Gasteiger partial charge in [0.15, 0.2) is 11.6 Å². The Labute approximate surface area is 149 Å². The first-order chi connectivity index (χ1) is 12.5. The van der Waals surface area contributed by atoms with Crippen LogP contribution in [0.1, 0.15) is 40.2 Å². The van der Waals surface area contributed by atoms with E-state index in [1.54, 1.807) is 6.07 Å². The van der Waals surface area contributed by atoms with Crippen molar-refractivity contribution in [1.82, 2.24) is 10.5 Å². The first kappa shape index (κ1) is 17.8. The van der Waals surface area contributed by atoms with Crippen molar-refractivity contribution in [2.45, 2.75) is 25.8 Å². The van der Waals surface area contributed by atoms with Gasteiger partial charge in [0, 0.05) is 18.2 Å². The molecule has 1 amide bonds.